The third-order valence-electron chi connectivity index (χ3n) is 3.11. The second-order valence-electron chi connectivity index (χ2n) is 4.90. The minimum Gasteiger partial charge on any atom is -0.381 e. The van der Waals surface area contributed by atoms with Crippen LogP contribution in [0, 0.1) is 0 Å². The zero-order valence-electron chi connectivity index (χ0n) is 12.2. The van der Waals surface area contributed by atoms with Gasteiger partial charge < -0.3 is 10.1 Å². The Labute approximate surface area is 125 Å². The van der Waals surface area contributed by atoms with E-state index in [1.165, 1.54) is 6.26 Å². The van der Waals surface area contributed by atoms with Crippen molar-refractivity contribution in [2.24, 2.45) is 0 Å². The molecule has 0 bridgehead atoms. The van der Waals surface area contributed by atoms with Crippen molar-refractivity contribution in [1.29, 1.82) is 0 Å². The number of methoxy groups -OCH3 is 1. The third-order valence-corrected chi connectivity index (χ3v) is 4.24. The first-order valence-electron chi connectivity index (χ1n) is 6.60. The number of benzene rings is 2. The van der Waals surface area contributed by atoms with Crippen LogP contribution in [0.15, 0.2) is 53.4 Å². The quantitative estimate of drug-likeness (QED) is 0.891. The van der Waals surface area contributed by atoms with Crippen LogP contribution in [0.4, 0.5) is 5.69 Å². The number of hydrogen-bond donors (Lipinski definition) is 1. The zero-order chi connectivity index (χ0) is 15.3. The third kappa shape index (κ3) is 4.58. The summed E-state index contributed by atoms with van der Waals surface area (Å²) < 4.78 is 27.8. The summed E-state index contributed by atoms with van der Waals surface area (Å²) in [5, 5.41) is 3.26. The van der Waals surface area contributed by atoms with Crippen molar-refractivity contribution in [3.8, 4) is 0 Å². The number of rotatable bonds is 6. The molecule has 0 aliphatic rings. The van der Waals surface area contributed by atoms with Crippen LogP contribution >= 0.6 is 0 Å². The molecule has 0 spiro atoms. The Bertz CT molecular complexity index is 676. The molecule has 0 aliphatic heterocycles. The molecule has 0 unspecified atom stereocenters. The Hall–Kier alpha value is -1.85. The largest absolute Gasteiger partial charge is 0.381 e. The van der Waals surface area contributed by atoms with Crippen molar-refractivity contribution >= 4 is 15.5 Å². The zero-order valence-corrected chi connectivity index (χ0v) is 13.0. The van der Waals surface area contributed by atoms with Crippen LogP contribution in [0.2, 0.25) is 0 Å². The summed E-state index contributed by atoms with van der Waals surface area (Å²) in [7, 11) is -1.46. The van der Waals surface area contributed by atoms with Gasteiger partial charge in [-0.05, 0) is 35.4 Å². The highest BCUT2D eigenvalue weighted by Gasteiger charge is 2.05. The van der Waals surface area contributed by atoms with E-state index in [-0.39, 0.29) is 0 Å². The van der Waals surface area contributed by atoms with Gasteiger partial charge in [-0.2, -0.15) is 0 Å². The molecule has 0 aromatic heterocycles. The predicted molar refractivity (Wildman–Crippen MR) is 84.0 cm³/mol. The van der Waals surface area contributed by atoms with Gasteiger partial charge in [0.1, 0.15) is 0 Å². The van der Waals surface area contributed by atoms with E-state index in [4.69, 9.17) is 4.74 Å². The summed E-state index contributed by atoms with van der Waals surface area (Å²) in [4.78, 5) is 0.331. The van der Waals surface area contributed by atoms with Gasteiger partial charge in [0.2, 0.25) is 0 Å². The molecule has 5 heteroatoms. The number of nitrogens with one attached hydrogen (secondary N) is 1. The number of hydrogen-bond acceptors (Lipinski definition) is 4. The van der Waals surface area contributed by atoms with Crippen molar-refractivity contribution in [1.82, 2.24) is 0 Å². The van der Waals surface area contributed by atoms with Gasteiger partial charge in [0.05, 0.1) is 11.5 Å². The van der Waals surface area contributed by atoms with E-state index in [2.05, 4.69) is 5.32 Å². The molecular weight excluding hydrogens is 286 g/mol. The summed E-state index contributed by atoms with van der Waals surface area (Å²) in [6, 6.07) is 14.9. The van der Waals surface area contributed by atoms with Crippen molar-refractivity contribution in [2.45, 2.75) is 18.0 Å². The molecule has 2 aromatic carbocycles. The van der Waals surface area contributed by atoms with E-state index in [9.17, 15) is 8.42 Å². The van der Waals surface area contributed by atoms with Crippen molar-refractivity contribution in [3.05, 3.63) is 59.7 Å². The average Bonchev–Trinajstić information content (AvgIpc) is 2.46. The van der Waals surface area contributed by atoms with Crippen LogP contribution in [-0.2, 0) is 27.7 Å². The smallest absolute Gasteiger partial charge is 0.175 e. The second-order valence-corrected chi connectivity index (χ2v) is 6.92. The van der Waals surface area contributed by atoms with Crippen LogP contribution in [0.3, 0.4) is 0 Å². The maximum atomic E-state index is 11.4. The lowest BCUT2D eigenvalue weighted by Gasteiger charge is -2.08. The van der Waals surface area contributed by atoms with Gasteiger partial charge in [0.15, 0.2) is 9.84 Å². The Kier molecular flexibility index (Phi) is 4.98. The average molecular weight is 305 g/mol. The van der Waals surface area contributed by atoms with Gasteiger partial charge >= 0.3 is 0 Å². The molecule has 0 fully saturated rings. The molecule has 112 valence electrons. The number of ether oxygens (including phenoxy) is 1. The summed E-state index contributed by atoms with van der Waals surface area (Å²) in [6.07, 6.45) is 1.21. The molecule has 0 amide bonds. The number of sulfone groups is 1. The Morgan fingerprint density at radius 1 is 0.952 bits per heavy atom. The molecule has 0 saturated heterocycles. The van der Waals surface area contributed by atoms with Gasteiger partial charge in [0, 0.05) is 25.6 Å². The van der Waals surface area contributed by atoms with E-state index in [0.717, 1.165) is 16.8 Å². The van der Waals surface area contributed by atoms with Gasteiger partial charge in [0.25, 0.3) is 0 Å². The van der Waals surface area contributed by atoms with E-state index >= 15 is 0 Å². The molecule has 1 N–H and O–H groups in total. The van der Waals surface area contributed by atoms with Crippen LogP contribution < -0.4 is 5.32 Å². The van der Waals surface area contributed by atoms with E-state index in [1.807, 2.05) is 24.3 Å². The highest BCUT2D eigenvalue weighted by atomic mass is 32.2. The summed E-state index contributed by atoms with van der Waals surface area (Å²) in [5.41, 5.74) is 3.18. The van der Waals surface area contributed by atoms with Crippen LogP contribution in [0.25, 0.3) is 0 Å². The Morgan fingerprint density at radius 3 is 2.05 bits per heavy atom. The second kappa shape index (κ2) is 6.74. The fourth-order valence-corrected chi connectivity index (χ4v) is 2.57. The van der Waals surface area contributed by atoms with Gasteiger partial charge in [-0.1, -0.05) is 24.3 Å². The van der Waals surface area contributed by atoms with Crippen molar-refractivity contribution < 1.29 is 13.2 Å². The highest BCUT2D eigenvalue weighted by molar-refractivity contribution is 7.90. The minimum atomic E-state index is -3.14. The molecule has 0 saturated carbocycles. The van der Waals surface area contributed by atoms with E-state index in [0.29, 0.717) is 18.0 Å². The topological polar surface area (TPSA) is 55.4 Å². The summed E-state index contributed by atoms with van der Waals surface area (Å²) >= 11 is 0. The lowest BCUT2D eigenvalue weighted by atomic mass is 10.1. The molecule has 2 aromatic rings. The molecule has 4 nitrogen and oxygen atoms in total. The first kappa shape index (κ1) is 15.5. The van der Waals surface area contributed by atoms with Gasteiger partial charge in [-0.15, -0.1) is 0 Å². The molecular formula is C16H19NO3S. The lowest BCUT2D eigenvalue weighted by molar-refractivity contribution is 0.185. The molecule has 2 rings (SSSR count). The lowest BCUT2D eigenvalue weighted by Crippen LogP contribution is -2.01. The first-order valence-corrected chi connectivity index (χ1v) is 8.49. The SMILES string of the molecule is COCc1ccc(CNc2ccc(S(C)(=O)=O)cc2)cc1. The van der Waals surface area contributed by atoms with Crippen molar-refractivity contribution in [3.63, 3.8) is 0 Å². The van der Waals surface area contributed by atoms with Crippen LogP contribution in [0.1, 0.15) is 11.1 Å². The fourth-order valence-electron chi connectivity index (χ4n) is 1.94. The minimum absolute atomic E-state index is 0.331. The summed E-state index contributed by atoms with van der Waals surface area (Å²) in [6.45, 7) is 1.30. The molecule has 0 radical (unpaired) electrons. The Balaban J connectivity index is 1.96. The van der Waals surface area contributed by atoms with Crippen molar-refractivity contribution in [2.75, 3.05) is 18.7 Å². The van der Waals surface area contributed by atoms with E-state index in [1.54, 1.807) is 31.4 Å². The molecule has 0 atom stereocenters. The highest BCUT2D eigenvalue weighted by Crippen LogP contribution is 2.15. The molecule has 21 heavy (non-hydrogen) atoms. The predicted octanol–water partition coefficient (Wildman–Crippen LogP) is 2.85. The van der Waals surface area contributed by atoms with Crippen LogP contribution in [-0.4, -0.2) is 21.8 Å². The molecule has 0 aliphatic carbocycles. The fraction of sp³-hybridized carbons (Fsp3) is 0.250. The Morgan fingerprint density at radius 2 is 1.52 bits per heavy atom. The maximum Gasteiger partial charge on any atom is 0.175 e. The standard InChI is InChI=1S/C16H19NO3S/c1-20-12-14-5-3-13(4-6-14)11-17-15-7-9-16(10-8-15)21(2,18)19/h3-10,17H,11-12H2,1-2H3. The first-order chi connectivity index (χ1) is 9.99. The monoisotopic (exact) mass is 305 g/mol. The number of anilines is 1. The van der Waals surface area contributed by atoms with E-state index < -0.39 is 9.84 Å². The molecule has 0 heterocycles. The van der Waals surface area contributed by atoms with Crippen LogP contribution in [0.5, 0.6) is 0 Å². The van der Waals surface area contributed by atoms with Gasteiger partial charge in [-0.25, -0.2) is 8.42 Å². The summed E-state index contributed by atoms with van der Waals surface area (Å²) in [5.74, 6) is 0. The normalized spacial score (nSPS) is 11.3. The maximum absolute atomic E-state index is 11.4. The van der Waals surface area contributed by atoms with Gasteiger partial charge in [-0.3, -0.25) is 0 Å².